The van der Waals surface area contributed by atoms with Crippen LogP contribution in [0.1, 0.15) is 32.6 Å². The van der Waals surface area contributed by atoms with E-state index in [1.54, 1.807) is 0 Å². The summed E-state index contributed by atoms with van der Waals surface area (Å²) in [4.78, 5) is 13.6. The molecule has 0 saturated carbocycles. The fourth-order valence-electron chi connectivity index (χ4n) is 2.36. The molecule has 2 fully saturated rings. The highest BCUT2D eigenvalue weighted by atomic mass is 16.5. The third-order valence-electron chi connectivity index (χ3n) is 3.52. The van der Waals surface area contributed by atoms with E-state index >= 15 is 0 Å². The zero-order chi connectivity index (χ0) is 11.4. The third kappa shape index (κ3) is 3.19. The quantitative estimate of drug-likeness (QED) is 0.772. The Balaban J connectivity index is 1.65. The van der Waals surface area contributed by atoms with Crippen molar-refractivity contribution in [3.8, 4) is 0 Å². The Kier molecular flexibility index (Phi) is 4.18. The van der Waals surface area contributed by atoms with Crippen LogP contribution >= 0.6 is 0 Å². The highest BCUT2D eigenvalue weighted by Crippen LogP contribution is 2.12. The number of likely N-dealkylation sites (tertiary alicyclic amines) is 1. The van der Waals surface area contributed by atoms with Crippen LogP contribution in [0.4, 0.5) is 0 Å². The predicted octanol–water partition coefficient (Wildman–Crippen LogP) is 0.766. The summed E-state index contributed by atoms with van der Waals surface area (Å²) >= 11 is 0. The average molecular weight is 226 g/mol. The van der Waals surface area contributed by atoms with Gasteiger partial charge in [0.05, 0.1) is 6.10 Å². The van der Waals surface area contributed by atoms with Crippen molar-refractivity contribution in [3.63, 3.8) is 0 Å². The Morgan fingerprint density at radius 2 is 2.12 bits per heavy atom. The lowest BCUT2D eigenvalue weighted by molar-refractivity contribution is -0.137. The Morgan fingerprint density at radius 1 is 1.38 bits per heavy atom. The number of nitrogens with zero attached hydrogens (tertiary/aromatic N) is 1. The van der Waals surface area contributed by atoms with Gasteiger partial charge < -0.3 is 15.0 Å². The van der Waals surface area contributed by atoms with E-state index in [1.807, 2.05) is 4.90 Å². The summed E-state index contributed by atoms with van der Waals surface area (Å²) in [5.74, 6) is 0.163. The molecule has 2 heterocycles. The standard InChI is InChI=1S/C12H22N2O2/c1-10-4-5-11(8-13-10)16-9-12(15)14-6-2-3-7-14/h10-11,13H,2-9H2,1H3. The van der Waals surface area contributed by atoms with Gasteiger partial charge in [-0.05, 0) is 32.6 Å². The summed E-state index contributed by atoms with van der Waals surface area (Å²) in [6.45, 7) is 5.17. The van der Waals surface area contributed by atoms with Crippen LogP contribution in [0.25, 0.3) is 0 Å². The molecule has 2 aliphatic rings. The number of rotatable bonds is 3. The first kappa shape index (κ1) is 11.9. The monoisotopic (exact) mass is 226 g/mol. The van der Waals surface area contributed by atoms with Crippen molar-refractivity contribution in [1.82, 2.24) is 10.2 Å². The Labute approximate surface area is 97.3 Å². The van der Waals surface area contributed by atoms with Gasteiger partial charge in [0.2, 0.25) is 5.91 Å². The summed E-state index contributed by atoms with van der Waals surface area (Å²) < 4.78 is 5.65. The van der Waals surface area contributed by atoms with Crippen LogP contribution in [0.5, 0.6) is 0 Å². The maximum Gasteiger partial charge on any atom is 0.248 e. The van der Waals surface area contributed by atoms with E-state index < -0.39 is 0 Å². The Morgan fingerprint density at radius 3 is 2.75 bits per heavy atom. The van der Waals surface area contributed by atoms with E-state index in [0.717, 1.165) is 45.3 Å². The minimum Gasteiger partial charge on any atom is -0.367 e. The minimum atomic E-state index is 0.163. The molecule has 1 amide bonds. The van der Waals surface area contributed by atoms with Gasteiger partial charge in [0, 0.05) is 25.7 Å². The maximum absolute atomic E-state index is 11.7. The molecule has 4 nitrogen and oxygen atoms in total. The topological polar surface area (TPSA) is 41.6 Å². The Bertz CT molecular complexity index is 231. The largest absolute Gasteiger partial charge is 0.367 e. The summed E-state index contributed by atoms with van der Waals surface area (Å²) in [7, 11) is 0. The lowest BCUT2D eigenvalue weighted by Gasteiger charge is -2.28. The first-order valence-electron chi connectivity index (χ1n) is 6.38. The van der Waals surface area contributed by atoms with Crippen LogP contribution < -0.4 is 5.32 Å². The van der Waals surface area contributed by atoms with Gasteiger partial charge in [-0.3, -0.25) is 4.79 Å². The van der Waals surface area contributed by atoms with Crippen LogP contribution in [0.15, 0.2) is 0 Å². The molecule has 2 rings (SSSR count). The van der Waals surface area contributed by atoms with Crippen molar-refractivity contribution < 1.29 is 9.53 Å². The minimum absolute atomic E-state index is 0.163. The fourth-order valence-corrected chi connectivity index (χ4v) is 2.36. The summed E-state index contributed by atoms with van der Waals surface area (Å²) in [6, 6.07) is 0.592. The molecule has 16 heavy (non-hydrogen) atoms. The van der Waals surface area contributed by atoms with E-state index in [9.17, 15) is 4.79 Å². The van der Waals surface area contributed by atoms with Crippen LogP contribution in [0, 0.1) is 0 Å². The molecule has 92 valence electrons. The molecule has 2 aliphatic heterocycles. The van der Waals surface area contributed by atoms with Gasteiger partial charge in [0.25, 0.3) is 0 Å². The SMILES string of the molecule is CC1CCC(OCC(=O)N2CCCC2)CN1. The molecule has 2 unspecified atom stereocenters. The van der Waals surface area contributed by atoms with E-state index in [-0.39, 0.29) is 18.6 Å². The van der Waals surface area contributed by atoms with Crippen molar-refractivity contribution in [2.24, 2.45) is 0 Å². The van der Waals surface area contributed by atoms with Crippen molar-refractivity contribution >= 4 is 5.91 Å². The number of ether oxygens (including phenoxy) is 1. The first-order chi connectivity index (χ1) is 7.75. The highest BCUT2D eigenvalue weighted by molar-refractivity contribution is 5.77. The molecule has 0 aromatic heterocycles. The van der Waals surface area contributed by atoms with Gasteiger partial charge in [0.15, 0.2) is 0 Å². The third-order valence-corrected chi connectivity index (χ3v) is 3.52. The average Bonchev–Trinajstić information content (AvgIpc) is 2.81. The number of hydrogen-bond acceptors (Lipinski definition) is 3. The number of hydrogen-bond donors (Lipinski definition) is 1. The van der Waals surface area contributed by atoms with Gasteiger partial charge >= 0.3 is 0 Å². The van der Waals surface area contributed by atoms with E-state index in [1.165, 1.54) is 0 Å². The molecule has 1 N–H and O–H groups in total. The number of carbonyl (C=O) groups excluding carboxylic acids is 1. The van der Waals surface area contributed by atoms with Crippen molar-refractivity contribution in [3.05, 3.63) is 0 Å². The van der Waals surface area contributed by atoms with Gasteiger partial charge in [-0.1, -0.05) is 0 Å². The van der Waals surface area contributed by atoms with Crippen LogP contribution in [-0.2, 0) is 9.53 Å². The summed E-state index contributed by atoms with van der Waals surface area (Å²) in [5, 5.41) is 3.38. The molecular formula is C12H22N2O2. The van der Waals surface area contributed by atoms with Crippen molar-refractivity contribution in [2.45, 2.75) is 44.8 Å². The highest BCUT2D eigenvalue weighted by Gasteiger charge is 2.22. The predicted molar refractivity (Wildman–Crippen MR) is 62.3 cm³/mol. The molecule has 0 aromatic rings. The van der Waals surface area contributed by atoms with Crippen LogP contribution in [0.3, 0.4) is 0 Å². The molecule has 2 saturated heterocycles. The number of amides is 1. The number of nitrogens with one attached hydrogen (secondary N) is 1. The lowest BCUT2D eigenvalue weighted by Crippen LogP contribution is -2.42. The van der Waals surface area contributed by atoms with E-state index in [0.29, 0.717) is 6.04 Å². The Hall–Kier alpha value is -0.610. The van der Waals surface area contributed by atoms with E-state index in [2.05, 4.69) is 12.2 Å². The zero-order valence-electron chi connectivity index (χ0n) is 10.1. The molecule has 0 spiro atoms. The second kappa shape index (κ2) is 5.64. The number of piperidine rings is 1. The van der Waals surface area contributed by atoms with Crippen molar-refractivity contribution in [2.75, 3.05) is 26.2 Å². The summed E-state index contributed by atoms with van der Waals surface area (Å²) in [6.07, 6.45) is 4.73. The summed E-state index contributed by atoms with van der Waals surface area (Å²) in [5.41, 5.74) is 0. The smallest absolute Gasteiger partial charge is 0.248 e. The normalized spacial score (nSPS) is 30.7. The first-order valence-corrected chi connectivity index (χ1v) is 6.38. The molecule has 0 radical (unpaired) electrons. The van der Waals surface area contributed by atoms with Crippen molar-refractivity contribution in [1.29, 1.82) is 0 Å². The zero-order valence-corrected chi connectivity index (χ0v) is 10.1. The lowest BCUT2D eigenvalue weighted by atomic mass is 10.0. The molecule has 2 atom stereocenters. The molecule has 0 bridgehead atoms. The van der Waals surface area contributed by atoms with Gasteiger partial charge in [-0.25, -0.2) is 0 Å². The van der Waals surface area contributed by atoms with E-state index in [4.69, 9.17) is 4.74 Å². The van der Waals surface area contributed by atoms with Gasteiger partial charge in [0.1, 0.15) is 6.61 Å². The number of carbonyl (C=O) groups is 1. The van der Waals surface area contributed by atoms with Crippen LogP contribution in [-0.4, -0.2) is 49.2 Å². The second-order valence-electron chi connectivity index (χ2n) is 4.91. The molecule has 0 aliphatic carbocycles. The molecule has 4 heteroatoms. The second-order valence-corrected chi connectivity index (χ2v) is 4.91. The van der Waals surface area contributed by atoms with Gasteiger partial charge in [-0.15, -0.1) is 0 Å². The molecular weight excluding hydrogens is 204 g/mol. The van der Waals surface area contributed by atoms with Gasteiger partial charge in [-0.2, -0.15) is 0 Å². The maximum atomic E-state index is 11.7. The fraction of sp³-hybridized carbons (Fsp3) is 0.917. The molecule has 0 aromatic carbocycles. The van der Waals surface area contributed by atoms with Crippen LogP contribution in [0.2, 0.25) is 0 Å².